The molecule has 0 aromatic carbocycles. The number of carbonyl (C=O) groups excluding carboxylic acids is 2. The molecule has 1 aliphatic rings. The molecular formula is C15H26N2O3. The van der Waals surface area contributed by atoms with Gasteiger partial charge in [0.25, 0.3) is 0 Å². The van der Waals surface area contributed by atoms with Crippen molar-refractivity contribution in [1.82, 2.24) is 10.2 Å². The topological polar surface area (TPSA) is 58.6 Å². The minimum absolute atomic E-state index is 0.0150. The van der Waals surface area contributed by atoms with Gasteiger partial charge in [-0.2, -0.15) is 0 Å². The molecule has 2 unspecified atom stereocenters. The van der Waals surface area contributed by atoms with Crippen molar-refractivity contribution in [3.8, 4) is 0 Å². The number of piperazine rings is 1. The van der Waals surface area contributed by atoms with Crippen LogP contribution in [0, 0.1) is 0 Å². The minimum Gasteiger partial charge on any atom is -0.379 e. The lowest BCUT2D eigenvalue weighted by molar-refractivity contribution is -0.155. The van der Waals surface area contributed by atoms with Gasteiger partial charge in [-0.15, -0.1) is 6.58 Å². The number of rotatable bonds is 8. The molecule has 114 valence electrons. The number of carbonyl (C=O) groups is 2. The summed E-state index contributed by atoms with van der Waals surface area (Å²) >= 11 is 0. The first-order valence-electron chi connectivity index (χ1n) is 7.31. The molecule has 1 N–H and O–H groups in total. The average molecular weight is 282 g/mol. The van der Waals surface area contributed by atoms with E-state index < -0.39 is 5.54 Å². The largest absolute Gasteiger partial charge is 0.379 e. The molecule has 2 amide bonds. The highest BCUT2D eigenvalue weighted by atomic mass is 16.5. The van der Waals surface area contributed by atoms with E-state index in [1.54, 1.807) is 17.9 Å². The molecule has 1 saturated heterocycles. The Labute approximate surface area is 121 Å². The second-order valence-corrected chi connectivity index (χ2v) is 5.29. The smallest absolute Gasteiger partial charge is 0.248 e. The van der Waals surface area contributed by atoms with Crippen molar-refractivity contribution in [3.05, 3.63) is 12.7 Å². The number of nitrogens with zero attached hydrogens (tertiary/aromatic N) is 1. The van der Waals surface area contributed by atoms with Crippen molar-refractivity contribution < 1.29 is 14.3 Å². The number of amides is 2. The van der Waals surface area contributed by atoms with E-state index in [1.165, 1.54) is 0 Å². The molecule has 0 aromatic heterocycles. The van der Waals surface area contributed by atoms with E-state index in [9.17, 15) is 9.59 Å². The molecule has 1 fully saturated rings. The summed E-state index contributed by atoms with van der Waals surface area (Å²) in [6, 6.07) is -0.384. The van der Waals surface area contributed by atoms with Crippen LogP contribution in [0.3, 0.4) is 0 Å². The predicted molar refractivity (Wildman–Crippen MR) is 78.3 cm³/mol. The zero-order valence-electron chi connectivity index (χ0n) is 12.8. The predicted octanol–water partition coefficient (Wildman–Crippen LogP) is 1.48. The SMILES string of the molecule is C=CCCOCCN1C(=O)C(C)(CC)NC(=O)C1CC. The van der Waals surface area contributed by atoms with Crippen LogP contribution in [0.25, 0.3) is 0 Å². The molecule has 0 aromatic rings. The second-order valence-electron chi connectivity index (χ2n) is 5.29. The summed E-state index contributed by atoms with van der Waals surface area (Å²) in [5.74, 6) is -0.0821. The fourth-order valence-electron chi connectivity index (χ4n) is 2.34. The van der Waals surface area contributed by atoms with Crippen LogP contribution in [0.15, 0.2) is 12.7 Å². The zero-order chi connectivity index (χ0) is 15.2. The van der Waals surface area contributed by atoms with Gasteiger partial charge in [0, 0.05) is 6.54 Å². The van der Waals surface area contributed by atoms with Gasteiger partial charge in [-0.3, -0.25) is 9.59 Å². The van der Waals surface area contributed by atoms with Gasteiger partial charge in [-0.1, -0.05) is 19.9 Å². The number of ether oxygens (including phenoxy) is 1. The van der Waals surface area contributed by atoms with Crippen molar-refractivity contribution in [2.45, 2.75) is 51.6 Å². The monoisotopic (exact) mass is 282 g/mol. The summed E-state index contributed by atoms with van der Waals surface area (Å²) in [4.78, 5) is 26.3. The number of hydrogen-bond acceptors (Lipinski definition) is 3. The van der Waals surface area contributed by atoms with Gasteiger partial charge in [-0.05, 0) is 26.2 Å². The van der Waals surface area contributed by atoms with Crippen LogP contribution in [0.4, 0.5) is 0 Å². The highest BCUT2D eigenvalue weighted by Crippen LogP contribution is 2.22. The van der Waals surface area contributed by atoms with Crippen molar-refractivity contribution >= 4 is 11.8 Å². The Balaban J connectivity index is 2.68. The lowest BCUT2D eigenvalue weighted by Crippen LogP contribution is -2.69. The Morgan fingerprint density at radius 3 is 2.65 bits per heavy atom. The Morgan fingerprint density at radius 1 is 1.40 bits per heavy atom. The zero-order valence-corrected chi connectivity index (χ0v) is 12.8. The first-order chi connectivity index (χ1) is 9.50. The normalized spacial score (nSPS) is 26.6. The Bertz CT molecular complexity index is 370. The van der Waals surface area contributed by atoms with E-state index in [0.717, 1.165) is 6.42 Å². The van der Waals surface area contributed by atoms with Crippen molar-refractivity contribution in [1.29, 1.82) is 0 Å². The van der Waals surface area contributed by atoms with E-state index >= 15 is 0 Å². The average Bonchev–Trinajstić information content (AvgIpc) is 2.43. The molecule has 0 aliphatic carbocycles. The van der Waals surface area contributed by atoms with Gasteiger partial charge in [0.15, 0.2) is 0 Å². The van der Waals surface area contributed by atoms with Crippen molar-refractivity contribution in [2.75, 3.05) is 19.8 Å². The van der Waals surface area contributed by atoms with Crippen LogP contribution >= 0.6 is 0 Å². The first-order valence-corrected chi connectivity index (χ1v) is 7.31. The molecule has 5 heteroatoms. The maximum absolute atomic E-state index is 12.6. The molecule has 1 rings (SSSR count). The van der Waals surface area contributed by atoms with E-state index in [4.69, 9.17) is 4.74 Å². The van der Waals surface area contributed by atoms with Crippen molar-refractivity contribution in [2.24, 2.45) is 0 Å². The third-order valence-corrected chi connectivity index (χ3v) is 3.85. The summed E-state index contributed by atoms with van der Waals surface area (Å²) in [5.41, 5.74) is -0.788. The molecule has 5 nitrogen and oxygen atoms in total. The van der Waals surface area contributed by atoms with Crippen LogP contribution in [0.1, 0.15) is 40.0 Å². The first kappa shape index (κ1) is 16.7. The van der Waals surface area contributed by atoms with E-state index in [-0.39, 0.29) is 17.9 Å². The number of nitrogens with one attached hydrogen (secondary N) is 1. The third-order valence-electron chi connectivity index (χ3n) is 3.85. The Kier molecular flexibility index (Phi) is 6.20. The van der Waals surface area contributed by atoms with Crippen LogP contribution in [-0.4, -0.2) is 48.1 Å². The lowest BCUT2D eigenvalue weighted by Gasteiger charge is -2.43. The quantitative estimate of drug-likeness (QED) is 0.542. The van der Waals surface area contributed by atoms with E-state index in [1.807, 2.05) is 13.8 Å². The van der Waals surface area contributed by atoms with Crippen LogP contribution in [-0.2, 0) is 14.3 Å². The van der Waals surface area contributed by atoms with Crippen molar-refractivity contribution in [3.63, 3.8) is 0 Å². The minimum atomic E-state index is -0.788. The maximum atomic E-state index is 12.6. The molecule has 0 radical (unpaired) electrons. The molecule has 20 heavy (non-hydrogen) atoms. The van der Waals surface area contributed by atoms with Gasteiger partial charge in [-0.25, -0.2) is 0 Å². The molecular weight excluding hydrogens is 256 g/mol. The van der Waals surface area contributed by atoms with Gasteiger partial charge >= 0.3 is 0 Å². The molecule has 1 heterocycles. The van der Waals surface area contributed by atoms with Crippen LogP contribution in [0.2, 0.25) is 0 Å². The highest BCUT2D eigenvalue weighted by molar-refractivity contribution is 5.99. The summed E-state index contributed by atoms with van der Waals surface area (Å²) in [7, 11) is 0. The second kappa shape index (κ2) is 7.43. The van der Waals surface area contributed by atoms with Gasteiger partial charge in [0.05, 0.1) is 13.2 Å². The molecule has 0 saturated carbocycles. The lowest BCUT2D eigenvalue weighted by atomic mass is 9.91. The third kappa shape index (κ3) is 3.60. The molecule has 0 bridgehead atoms. The Morgan fingerprint density at radius 2 is 2.10 bits per heavy atom. The summed E-state index contributed by atoms with van der Waals surface area (Å²) in [6.07, 6.45) is 3.78. The highest BCUT2D eigenvalue weighted by Gasteiger charge is 2.45. The Hall–Kier alpha value is -1.36. The van der Waals surface area contributed by atoms with Gasteiger partial charge in [0.2, 0.25) is 11.8 Å². The van der Waals surface area contributed by atoms with E-state index in [0.29, 0.717) is 32.6 Å². The van der Waals surface area contributed by atoms with Gasteiger partial charge < -0.3 is 15.0 Å². The summed E-state index contributed by atoms with van der Waals surface area (Å²) < 4.78 is 5.46. The number of hydrogen-bond donors (Lipinski definition) is 1. The maximum Gasteiger partial charge on any atom is 0.248 e. The fraction of sp³-hybridized carbons (Fsp3) is 0.733. The van der Waals surface area contributed by atoms with E-state index in [2.05, 4.69) is 11.9 Å². The molecule has 2 atom stereocenters. The molecule has 1 aliphatic heterocycles. The summed E-state index contributed by atoms with van der Waals surface area (Å²) in [5, 5.41) is 2.85. The summed E-state index contributed by atoms with van der Waals surface area (Å²) in [6.45, 7) is 10.7. The van der Waals surface area contributed by atoms with Gasteiger partial charge in [0.1, 0.15) is 11.6 Å². The fourth-order valence-corrected chi connectivity index (χ4v) is 2.34. The molecule has 0 spiro atoms. The van der Waals surface area contributed by atoms with Crippen LogP contribution < -0.4 is 5.32 Å². The van der Waals surface area contributed by atoms with Crippen LogP contribution in [0.5, 0.6) is 0 Å². The standard InChI is InChI=1S/C15H26N2O3/c1-5-8-10-20-11-9-17-12(6-2)13(18)16-15(4,7-3)14(17)19/h5,12H,1,6-11H2,2-4H3,(H,16,18).